The van der Waals surface area contributed by atoms with Crippen molar-refractivity contribution in [3.05, 3.63) is 0 Å². The Morgan fingerprint density at radius 2 is 1.83 bits per heavy atom. The first kappa shape index (κ1) is 10.4. The molecule has 0 atom stereocenters. The maximum absolute atomic E-state index is 11.1. The summed E-state index contributed by atoms with van der Waals surface area (Å²) < 4.78 is 0. The molecule has 0 aliphatic heterocycles. The molecule has 0 spiro atoms. The van der Waals surface area contributed by atoms with Crippen LogP contribution < -0.4 is 0 Å². The molecule has 0 rings (SSSR count). The largest absolute Gasteiger partial charge is 0.316 e. The summed E-state index contributed by atoms with van der Waals surface area (Å²) in [5.41, 5.74) is 0. The molecule has 12 heavy (non-hydrogen) atoms. The molecule has 0 heterocycles. The smallest absolute Gasteiger partial charge is 0.224 e. The molecule has 0 aromatic rings. The normalized spacial score (nSPS) is 8.25. The van der Waals surface area contributed by atoms with Gasteiger partial charge in [0.15, 0.2) is 0 Å². The third-order valence-corrected chi connectivity index (χ3v) is 1.34. The van der Waals surface area contributed by atoms with Crippen LogP contribution in [0.5, 0.6) is 0 Å². The minimum absolute atomic E-state index is 0.00634. The van der Waals surface area contributed by atoms with Crippen molar-refractivity contribution in [3.8, 4) is 12.1 Å². The van der Waals surface area contributed by atoms with Gasteiger partial charge in [-0.2, -0.15) is 10.5 Å². The van der Waals surface area contributed by atoms with Gasteiger partial charge >= 0.3 is 0 Å². The summed E-state index contributed by atoms with van der Waals surface area (Å²) in [6, 6.07) is 3.69. The highest BCUT2D eigenvalue weighted by Crippen LogP contribution is 1.95. The Balaban J connectivity index is 4.03. The molecular formula is C8H11N3O. The van der Waals surface area contributed by atoms with Crippen LogP contribution in [0.25, 0.3) is 0 Å². The van der Waals surface area contributed by atoms with E-state index in [4.69, 9.17) is 10.5 Å². The molecular weight excluding hydrogens is 154 g/mol. The Kier molecular flexibility index (Phi) is 5.38. The zero-order chi connectivity index (χ0) is 9.40. The van der Waals surface area contributed by atoms with E-state index in [1.54, 1.807) is 0 Å². The molecule has 64 valence electrons. The Labute approximate surface area is 72.0 Å². The predicted molar refractivity (Wildman–Crippen MR) is 42.7 cm³/mol. The van der Waals surface area contributed by atoms with Gasteiger partial charge in [0.2, 0.25) is 5.91 Å². The fourth-order valence-corrected chi connectivity index (χ4v) is 0.775. The minimum Gasteiger partial charge on any atom is -0.316 e. The number of nitriles is 2. The average Bonchev–Trinajstić information content (AvgIpc) is 2.04. The number of carbonyl (C=O) groups excluding carboxylic acids is 1. The molecule has 0 aliphatic carbocycles. The molecule has 1 amide bonds. The van der Waals surface area contributed by atoms with Gasteiger partial charge in [-0.15, -0.1) is 0 Å². The van der Waals surface area contributed by atoms with E-state index in [9.17, 15) is 4.79 Å². The van der Waals surface area contributed by atoms with Crippen LogP contribution in [0.3, 0.4) is 0 Å². The van der Waals surface area contributed by atoms with Gasteiger partial charge in [0.05, 0.1) is 12.1 Å². The zero-order valence-electron chi connectivity index (χ0n) is 7.08. The zero-order valence-corrected chi connectivity index (χ0v) is 7.08. The summed E-state index contributed by atoms with van der Waals surface area (Å²) in [6.45, 7) is 1.90. The van der Waals surface area contributed by atoms with Crippen molar-refractivity contribution in [1.29, 1.82) is 10.5 Å². The molecule has 0 aromatic heterocycles. The summed E-state index contributed by atoms with van der Waals surface area (Å²) in [5, 5.41) is 16.7. The number of hydrogen-bond acceptors (Lipinski definition) is 3. The van der Waals surface area contributed by atoms with Crippen molar-refractivity contribution in [2.45, 2.75) is 19.8 Å². The van der Waals surface area contributed by atoms with Crippen molar-refractivity contribution in [3.63, 3.8) is 0 Å². The van der Waals surface area contributed by atoms with Crippen LogP contribution in [0, 0.1) is 22.7 Å². The first-order valence-electron chi connectivity index (χ1n) is 3.78. The van der Waals surface area contributed by atoms with E-state index in [-0.39, 0.29) is 19.0 Å². The second kappa shape index (κ2) is 6.18. The fraction of sp³-hybridized carbons (Fsp3) is 0.625. The van der Waals surface area contributed by atoms with E-state index < -0.39 is 0 Å². The number of rotatable bonds is 4. The van der Waals surface area contributed by atoms with E-state index in [1.165, 1.54) is 4.90 Å². The highest BCUT2D eigenvalue weighted by atomic mass is 16.2. The number of nitrogens with zero attached hydrogens (tertiary/aromatic N) is 3. The van der Waals surface area contributed by atoms with Crippen molar-refractivity contribution in [1.82, 2.24) is 4.90 Å². The highest BCUT2D eigenvalue weighted by molar-refractivity contribution is 5.76. The van der Waals surface area contributed by atoms with Crippen LogP contribution in [0.4, 0.5) is 0 Å². The number of hydrogen-bond donors (Lipinski definition) is 0. The summed E-state index contributed by atoms with van der Waals surface area (Å²) in [6.07, 6.45) is 1.15. The Hall–Kier alpha value is -1.55. The number of amides is 1. The molecule has 0 fully saturated rings. The molecule has 4 nitrogen and oxygen atoms in total. The van der Waals surface area contributed by atoms with Crippen molar-refractivity contribution in [2.75, 3.05) is 13.1 Å². The quantitative estimate of drug-likeness (QED) is 0.575. The van der Waals surface area contributed by atoms with Crippen molar-refractivity contribution in [2.24, 2.45) is 0 Å². The van der Waals surface area contributed by atoms with Gasteiger partial charge in [0, 0.05) is 6.42 Å². The average molecular weight is 165 g/mol. The standard InChI is InChI=1S/C8H11N3O/c1-2-3-8(12)11(6-4-9)7-5-10/h2-3,6-7H2,1H3. The lowest BCUT2D eigenvalue weighted by Crippen LogP contribution is -2.31. The van der Waals surface area contributed by atoms with Gasteiger partial charge in [0.1, 0.15) is 13.1 Å². The van der Waals surface area contributed by atoms with E-state index in [0.29, 0.717) is 6.42 Å². The lowest BCUT2D eigenvalue weighted by atomic mass is 10.3. The number of carbonyl (C=O) groups is 1. The van der Waals surface area contributed by atoms with E-state index in [2.05, 4.69) is 0 Å². The molecule has 0 aromatic carbocycles. The summed E-state index contributed by atoms with van der Waals surface area (Å²) in [7, 11) is 0. The third-order valence-electron chi connectivity index (χ3n) is 1.34. The second-order valence-electron chi connectivity index (χ2n) is 2.32. The molecule has 0 saturated carbocycles. The lowest BCUT2D eigenvalue weighted by molar-refractivity contribution is -0.130. The topological polar surface area (TPSA) is 67.9 Å². The van der Waals surface area contributed by atoms with Gasteiger partial charge in [-0.25, -0.2) is 0 Å². The third kappa shape index (κ3) is 3.58. The molecule has 0 aliphatic rings. The van der Waals surface area contributed by atoms with Gasteiger partial charge in [-0.1, -0.05) is 6.92 Å². The van der Waals surface area contributed by atoms with Crippen molar-refractivity contribution >= 4 is 5.91 Å². The minimum atomic E-state index is -0.124. The van der Waals surface area contributed by atoms with E-state index in [0.717, 1.165) is 6.42 Å². The molecule has 0 radical (unpaired) electrons. The monoisotopic (exact) mass is 165 g/mol. The van der Waals surface area contributed by atoms with Crippen LogP contribution in [0.1, 0.15) is 19.8 Å². The van der Waals surface area contributed by atoms with Crippen molar-refractivity contribution < 1.29 is 4.79 Å². The van der Waals surface area contributed by atoms with Crippen LogP contribution in [0.2, 0.25) is 0 Å². The summed E-state index contributed by atoms with van der Waals surface area (Å²) in [5.74, 6) is -0.124. The van der Waals surface area contributed by atoms with Crippen LogP contribution >= 0.6 is 0 Å². The molecule has 0 N–H and O–H groups in total. The second-order valence-corrected chi connectivity index (χ2v) is 2.32. The predicted octanol–water partition coefficient (Wildman–Crippen LogP) is 0.662. The summed E-state index contributed by atoms with van der Waals surface area (Å²) in [4.78, 5) is 12.4. The molecule has 4 heteroatoms. The SMILES string of the molecule is CCCC(=O)N(CC#N)CC#N. The van der Waals surface area contributed by atoms with Gasteiger partial charge in [0.25, 0.3) is 0 Å². The maximum atomic E-state index is 11.1. The van der Waals surface area contributed by atoms with E-state index >= 15 is 0 Å². The Bertz CT molecular complexity index is 207. The lowest BCUT2D eigenvalue weighted by Gasteiger charge is -2.14. The van der Waals surface area contributed by atoms with Gasteiger partial charge in [-0.05, 0) is 6.42 Å². The summed E-state index contributed by atoms with van der Waals surface area (Å²) >= 11 is 0. The molecule has 0 saturated heterocycles. The van der Waals surface area contributed by atoms with Gasteiger partial charge < -0.3 is 4.90 Å². The Morgan fingerprint density at radius 3 is 2.17 bits per heavy atom. The van der Waals surface area contributed by atoms with E-state index in [1.807, 2.05) is 19.1 Å². The molecule has 0 bridgehead atoms. The Morgan fingerprint density at radius 1 is 1.33 bits per heavy atom. The molecule has 0 unspecified atom stereocenters. The van der Waals surface area contributed by atoms with Crippen LogP contribution in [0.15, 0.2) is 0 Å². The first-order valence-corrected chi connectivity index (χ1v) is 3.78. The fourth-order valence-electron chi connectivity index (χ4n) is 0.775. The van der Waals surface area contributed by atoms with Crippen LogP contribution in [-0.4, -0.2) is 23.9 Å². The highest BCUT2D eigenvalue weighted by Gasteiger charge is 2.10. The first-order chi connectivity index (χ1) is 5.76. The van der Waals surface area contributed by atoms with Crippen LogP contribution in [-0.2, 0) is 4.79 Å². The maximum Gasteiger partial charge on any atom is 0.224 e. The van der Waals surface area contributed by atoms with Gasteiger partial charge in [-0.3, -0.25) is 4.79 Å².